The van der Waals surface area contributed by atoms with Gasteiger partial charge in [-0.3, -0.25) is 4.79 Å². The van der Waals surface area contributed by atoms with Crippen LogP contribution in [0.25, 0.3) is 0 Å². The summed E-state index contributed by atoms with van der Waals surface area (Å²) < 4.78 is 12.2. The minimum absolute atomic E-state index is 0.0990. The first kappa shape index (κ1) is 17.5. The van der Waals surface area contributed by atoms with Crippen molar-refractivity contribution in [2.45, 2.75) is 45.3 Å². The highest BCUT2D eigenvalue weighted by atomic mass is 35.5. The lowest BCUT2D eigenvalue weighted by Crippen LogP contribution is -2.50. The molecule has 0 aromatic heterocycles. The highest BCUT2D eigenvalue weighted by Crippen LogP contribution is 2.51. The Balaban J connectivity index is 1.51. The van der Waals surface area contributed by atoms with E-state index in [1.165, 1.54) is 6.07 Å². The summed E-state index contributed by atoms with van der Waals surface area (Å²) in [5.41, 5.74) is 0.633. The summed E-state index contributed by atoms with van der Waals surface area (Å²) >= 11 is 6.24. The molecular weight excluding hydrogens is 358 g/mol. The van der Waals surface area contributed by atoms with Gasteiger partial charge >= 0.3 is 5.97 Å². The quantitative estimate of drug-likeness (QED) is 0.870. The number of benzene rings is 1. The van der Waals surface area contributed by atoms with Gasteiger partial charge in [0.25, 0.3) is 5.79 Å². The molecule has 2 heterocycles. The smallest absolute Gasteiger partial charge is 0.336 e. The molecule has 6 nitrogen and oxygen atoms in total. The predicted octanol–water partition coefficient (Wildman–Crippen LogP) is 3.48. The summed E-state index contributed by atoms with van der Waals surface area (Å²) in [5.74, 6) is -0.514. The summed E-state index contributed by atoms with van der Waals surface area (Å²) in [6.45, 7) is 4.97. The van der Waals surface area contributed by atoms with Crippen molar-refractivity contribution in [3.8, 4) is 11.5 Å². The third kappa shape index (κ3) is 2.80. The second-order valence-electron chi connectivity index (χ2n) is 7.59. The summed E-state index contributed by atoms with van der Waals surface area (Å²) in [5, 5.41) is 9.58. The number of rotatable bonds is 3. The fourth-order valence-electron chi connectivity index (χ4n) is 3.95. The van der Waals surface area contributed by atoms with Crippen LogP contribution >= 0.6 is 11.6 Å². The van der Waals surface area contributed by atoms with Gasteiger partial charge in [0.05, 0.1) is 10.6 Å². The Bertz CT molecular complexity index is 783. The number of nitrogens with zero attached hydrogens (tertiary/aromatic N) is 1. The van der Waals surface area contributed by atoms with E-state index in [1.54, 1.807) is 6.92 Å². The fourth-order valence-corrected chi connectivity index (χ4v) is 4.18. The van der Waals surface area contributed by atoms with Crippen molar-refractivity contribution >= 4 is 23.5 Å². The van der Waals surface area contributed by atoms with E-state index in [4.69, 9.17) is 21.1 Å². The van der Waals surface area contributed by atoms with Crippen molar-refractivity contribution in [3.05, 3.63) is 22.2 Å². The number of fused-ring (bicyclic) bond motifs is 1. The number of halogens is 1. The van der Waals surface area contributed by atoms with Crippen molar-refractivity contribution in [3.63, 3.8) is 0 Å². The van der Waals surface area contributed by atoms with Gasteiger partial charge in [-0.1, -0.05) is 11.6 Å². The summed E-state index contributed by atoms with van der Waals surface area (Å²) in [6, 6.07) is 1.41. The number of amides is 1. The summed E-state index contributed by atoms with van der Waals surface area (Å²) in [7, 11) is 0. The third-order valence-corrected chi connectivity index (χ3v) is 6.03. The van der Waals surface area contributed by atoms with Gasteiger partial charge in [0.2, 0.25) is 5.91 Å². The molecule has 0 radical (unpaired) electrons. The predicted molar refractivity (Wildman–Crippen MR) is 94.8 cm³/mol. The Hall–Kier alpha value is -1.95. The molecule has 0 unspecified atom stereocenters. The number of hydrogen-bond donors (Lipinski definition) is 1. The van der Waals surface area contributed by atoms with Crippen LogP contribution in [0.1, 0.15) is 48.5 Å². The Labute approximate surface area is 157 Å². The van der Waals surface area contributed by atoms with E-state index in [9.17, 15) is 14.7 Å². The number of carbonyl (C=O) groups is 2. The first-order valence-electron chi connectivity index (χ1n) is 9.03. The molecule has 26 heavy (non-hydrogen) atoms. The number of ether oxygens (including phenoxy) is 2. The maximum Gasteiger partial charge on any atom is 0.336 e. The zero-order chi connectivity index (χ0) is 18.6. The van der Waals surface area contributed by atoms with E-state index in [2.05, 4.69) is 0 Å². The van der Waals surface area contributed by atoms with Crippen molar-refractivity contribution < 1.29 is 24.2 Å². The molecule has 0 bridgehead atoms. The van der Waals surface area contributed by atoms with Crippen LogP contribution in [-0.4, -0.2) is 40.8 Å². The van der Waals surface area contributed by atoms with Crippen molar-refractivity contribution in [2.75, 3.05) is 13.1 Å². The van der Waals surface area contributed by atoms with Gasteiger partial charge in [0.15, 0.2) is 11.5 Å². The maximum absolute atomic E-state index is 12.2. The van der Waals surface area contributed by atoms with E-state index >= 15 is 0 Å². The van der Waals surface area contributed by atoms with Crippen LogP contribution in [0.15, 0.2) is 6.07 Å². The summed E-state index contributed by atoms with van der Waals surface area (Å²) in [4.78, 5) is 25.6. The molecule has 4 rings (SSSR count). The minimum atomic E-state index is -1.05. The molecule has 1 saturated carbocycles. The molecule has 1 N–H and O–H groups in total. The van der Waals surface area contributed by atoms with E-state index in [0.717, 1.165) is 25.7 Å². The van der Waals surface area contributed by atoms with Gasteiger partial charge < -0.3 is 19.5 Å². The molecule has 1 saturated heterocycles. The average Bonchev–Trinajstić information content (AvgIpc) is 3.39. The van der Waals surface area contributed by atoms with Crippen LogP contribution in [0, 0.1) is 18.8 Å². The van der Waals surface area contributed by atoms with Crippen molar-refractivity contribution in [1.29, 1.82) is 0 Å². The zero-order valence-corrected chi connectivity index (χ0v) is 15.6. The van der Waals surface area contributed by atoms with Gasteiger partial charge in [0, 0.05) is 37.4 Å². The van der Waals surface area contributed by atoms with Gasteiger partial charge in [0.1, 0.15) is 0 Å². The number of carboxylic acid groups (broad SMARTS) is 1. The Kier molecular flexibility index (Phi) is 4.06. The van der Waals surface area contributed by atoms with Gasteiger partial charge in [-0.15, -0.1) is 0 Å². The fraction of sp³-hybridized carbons (Fsp3) is 0.579. The lowest BCUT2D eigenvalue weighted by Gasteiger charge is -2.38. The lowest BCUT2D eigenvalue weighted by molar-refractivity contribution is -0.143. The van der Waals surface area contributed by atoms with E-state index < -0.39 is 11.8 Å². The average molecular weight is 380 g/mol. The first-order chi connectivity index (χ1) is 12.3. The lowest BCUT2D eigenvalue weighted by atomic mass is 9.89. The van der Waals surface area contributed by atoms with Crippen LogP contribution in [0.3, 0.4) is 0 Å². The van der Waals surface area contributed by atoms with Crippen LogP contribution in [0.4, 0.5) is 0 Å². The molecule has 1 atom stereocenters. The second-order valence-corrected chi connectivity index (χ2v) is 8.00. The molecule has 1 amide bonds. The summed E-state index contributed by atoms with van der Waals surface area (Å²) in [6.07, 6.45) is 3.60. The Morgan fingerprint density at radius 2 is 1.81 bits per heavy atom. The number of hydrogen-bond acceptors (Lipinski definition) is 4. The Morgan fingerprint density at radius 3 is 2.38 bits per heavy atom. The second kappa shape index (κ2) is 6.05. The SMILES string of the molecule is Cc1c(C(=O)O)cc(Cl)c2c1O[C@@](C)(C1CCN(C(=O)C3CC3)CC1)O2. The molecule has 7 heteroatoms. The molecule has 140 valence electrons. The number of aromatic carboxylic acids is 1. The molecule has 1 aliphatic carbocycles. The van der Waals surface area contributed by atoms with Crippen molar-refractivity contribution in [1.82, 2.24) is 4.90 Å². The monoisotopic (exact) mass is 379 g/mol. The number of carbonyl (C=O) groups excluding carboxylic acids is 1. The molecular formula is C19H22ClNO5. The molecule has 2 aliphatic heterocycles. The standard InChI is InChI=1S/C19H22ClNO5/c1-10-13(18(23)24)9-14(20)16-15(10)25-19(2,26-16)12-5-7-21(8-6-12)17(22)11-3-4-11/h9,11-12H,3-8H2,1-2H3,(H,23,24)/t19-/m1/s1. The molecule has 0 spiro atoms. The van der Waals surface area contributed by atoms with Gasteiger partial charge in [-0.25, -0.2) is 4.79 Å². The number of piperidine rings is 1. The van der Waals surface area contributed by atoms with E-state index in [0.29, 0.717) is 30.2 Å². The van der Waals surface area contributed by atoms with Crippen LogP contribution in [0.2, 0.25) is 5.02 Å². The van der Waals surface area contributed by atoms with Crippen LogP contribution < -0.4 is 9.47 Å². The third-order valence-electron chi connectivity index (χ3n) is 5.75. The molecule has 1 aromatic rings. The van der Waals surface area contributed by atoms with Crippen LogP contribution in [0.5, 0.6) is 11.5 Å². The number of carboxylic acids is 1. The van der Waals surface area contributed by atoms with Gasteiger partial charge in [-0.05, 0) is 38.7 Å². The molecule has 1 aromatic carbocycles. The molecule has 3 aliphatic rings. The highest BCUT2D eigenvalue weighted by molar-refractivity contribution is 6.32. The van der Waals surface area contributed by atoms with Crippen LogP contribution in [-0.2, 0) is 4.79 Å². The highest BCUT2D eigenvalue weighted by Gasteiger charge is 2.48. The van der Waals surface area contributed by atoms with Gasteiger partial charge in [-0.2, -0.15) is 0 Å². The largest absolute Gasteiger partial charge is 0.478 e. The van der Waals surface area contributed by atoms with Crippen molar-refractivity contribution in [2.24, 2.45) is 11.8 Å². The Morgan fingerprint density at radius 1 is 1.19 bits per heavy atom. The number of likely N-dealkylation sites (tertiary alicyclic amines) is 1. The molecule has 2 fully saturated rings. The zero-order valence-electron chi connectivity index (χ0n) is 14.9. The minimum Gasteiger partial charge on any atom is -0.478 e. The maximum atomic E-state index is 12.2. The first-order valence-corrected chi connectivity index (χ1v) is 9.41. The van der Waals surface area contributed by atoms with E-state index in [1.807, 2.05) is 11.8 Å². The topological polar surface area (TPSA) is 76.1 Å². The van der Waals surface area contributed by atoms with E-state index in [-0.39, 0.29) is 28.3 Å². The normalized spacial score (nSPS) is 25.4.